The largest absolute Gasteiger partial charge is 0.382 e. The molecule has 2 aliphatic heterocycles. The Morgan fingerprint density at radius 1 is 1.09 bits per heavy atom. The Kier molecular flexibility index (Phi) is 6.21. The van der Waals surface area contributed by atoms with E-state index in [0.29, 0.717) is 13.2 Å². The number of β-lactam (4-membered cyclic amide) rings is 1. The van der Waals surface area contributed by atoms with Crippen LogP contribution in [0, 0.1) is 0 Å². The summed E-state index contributed by atoms with van der Waals surface area (Å²) in [6, 6.07) is 12.6. The minimum Gasteiger partial charge on any atom is -0.382 e. The predicted molar refractivity (Wildman–Crippen MR) is 122 cm³/mol. The number of hydrogen-bond acceptors (Lipinski definition) is 5. The summed E-state index contributed by atoms with van der Waals surface area (Å²) in [6.45, 7) is 3.80. The zero-order valence-electron chi connectivity index (χ0n) is 18.4. The van der Waals surface area contributed by atoms with E-state index < -0.39 is 6.10 Å². The molecule has 168 valence electrons. The van der Waals surface area contributed by atoms with Gasteiger partial charge in [-0.15, -0.1) is 0 Å². The van der Waals surface area contributed by atoms with Crippen LogP contribution in [-0.4, -0.2) is 71.2 Å². The number of para-hydroxylation sites is 1. The smallest absolute Gasteiger partial charge is 0.255 e. The van der Waals surface area contributed by atoms with Gasteiger partial charge in [0.1, 0.15) is 0 Å². The quantitative estimate of drug-likeness (QED) is 0.436. The monoisotopic (exact) mass is 434 g/mol. The van der Waals surface area contributed by atoms with E-state index in [1.54, 1.807) is 19.5 Å². The van der Waals surface area contributed by atoms with Gasteiger partial charge in [-0.3, -0.25) is 14.7 Å². The number of methoxy groups -OCH3 is 1. The molecule has 0 unspecified atom stereocenters. The van der Waals surface area contributed by atoms with Crippen molar-refractivity contribution in [1.29, 1.82) is 0 Å². The number of nitrogens with zero attached hydrogens (tertiary/aromatic N) is 3. The number of hydrogen-bond donors (Lipinski definition) is 1. The Bertz CT molecular complexity index is 1050. The highest BCUT2D eigenvalue weighted by Gasteiger charge is 2.52. The van der Waals surface area contributed by atoms with Crippen molar-refractivity contribution in [2.75, 3.05) is 33.4 Å². The van der Waals surface area contributed by atoms with Gasteiger partial charge in [-0.2, -0.15) is 0 Å². The summed E-state index contributed by atoms with van der Waals surface area (Å²) >= 11 is 0. The van der Waals surface area contributed by atoms with Crippen LogP contribution in [0.5, 0.6) is 0 Å². The molecule has 1 aromatic carbocycles. The van der Waals surface area contributed by atoms with Crippen molar-refractivity contribution in [1.82, 2.24) is 19.8 Å². The molecule has 7 nitrogen and oxygen atoms in total. The number of rotatable bonds is 8. The number of aromatic nitrogens is 2. The molecule has 2 aliphatic rings. The summed E-state index contributed by atoms with van der Waals surface area (Å²) in [6.07, 6.45) is 7.20. The molecule has 1 amide bonds. The van der Waals surface area contributed by atoms with Crippen LogP contribution in [0.25, 0.3) is 10.9 Å². The van der Waals surface area contributed by atoms with Gasteiger partial charge in [-0.25, -0.2) is 0 Å². The van der Waals surface area contributed by atoms with E-state index in [1.165, 1.54) is 16.5 Å². The van der Waals surface area contributed by atoms with Crippen molar-refractivity contribution >= 4 is 16.8 Å². The Morgan fingerprint density at radius 3 is 2.66 bits per heavy atom. The van der Waals surface area contributed by atoms with Gasteiger partial charge < -0.3 is 19.4 Å². The number of fused-ring (bicyclic) bond motifs is 1. The lowest BCUT2D eigenvalue weighted by Gasteiger charge is -2.52. The molecule has 1 N–H and O–H groups in total. The second-order valence-corrected chi connectivity index (χ2v) is 8.62. The highest BCUT2D eigenvalue weighted by molar-refractivity contribution is 5.89. The van der Waals surface area contributed by atoms with Crippen molar-refractivity contribution in [3.63, 3.8) is 0 Å². The molecule has 2 fully saturated rings. The minimum atomic E-state index is -0.434. The van der Waals surface area contributed by atoms with E-state index in [1.807, 2.05) is 12.1 Å². The molecule has 5 rings (SSSR count). The number of pyridine rings is 1. The van der Waals surface area contributed by atoms with E-state index in [2.05, 4.69) is 50.2 Å². The van der Waals surface area contributed by atoms with Gasteiger partial charge in [-0.05, 0) is 42.2 Å². The van der Waals surface area contributed by atoms with Gasteiger partial charge in [0, 0.05) is 62.3 Å². The number of piperidine rings is 1. The number of H-pyrrole nitrogens is 1. The molecule has 3 aromatic rings. The second kappa shape index (κ2) is 9.40. The number of carbonyl (C=O) groups excluding carboxylic acids is 1. The molecule has 2 saturated heterocycles. The first-order valence-corrected chi connectivity index (χ1v) is 11.4. The number of ether oxygens (including phenoxy) is 2. The minimum absolute atomic E-state index is 0.0486. The maximum Gasteiger partial charge on any atom is 0.255 e. The summed E-state index contributed by atoms with van der Waals surface area (Å²) in [5, 5.41) is 1.29. The third-order valence-electron chi connectivity index (χ3n) is 6.74. The molecular formula is C25H30N4O3. The number of carbonyl (C=O) groups is 1. The van der Waals surface area contributed by atoms with Crippen LogP contribution in [0.1, 0.15) is 30.0 Å². The topological polar surface area (TPSA) is 70.7 Å². The van der Waals surface area contributed by atoms with E-state index in [4.69, 9.17) is 9.47 Å². The summed E-state index contributed by atoms with van der Waals surface area (Å²) in [5.74, 6) is 0.0954. The lowest BCUT2D eigenvalue weighted by molar-refractivity contribution is -0.184. The molecule has 2 atom stereocenters. The highest BCUT2D eigenvalue weighted by atomic mass is 16.5. The van der Waals surface area contributed by atoms with Crippen LogP contribution in [0.3, 0.4) is 0 Å². The van der Waals surface area contributed by atoms with Gasteiger partial charge in [0.25, 0.3) is 5.91 Å². The molecule has 0 spiro atoms. The van der Waals surface area contributed by atoms with Crippen molar-refractivity contribution in [3.05, 3.63) is 66.1 Å². The summed E-state index contributed by atoms with van der Waals surface area (Å²) < 4.78 is 11.0. The fourth-order valence-electron chi connectivity index (χ4n) is 5.07. The maximum absolute atomic E-state index is 13.0. The SMILES string of the molecule is COCCO[C@H]1C(=O)N(C2CCN(Cc3c[nH]c4ccccc34)CC2)[C@H]1c1ccncc1. The number of likely N-dealkylation sites (tertiary alicyclic amines) is 2. The first-order chi connectivity index (χ1) is 15.8. The molecule has 4 heterocycles. The lowest BCUT2D eigenvalue weighted by Crippen LogP contribution is -2.64. The van der Waals surface area contributed by atoms with E-state index in [9.17, 15) is 4.79 Å². The predicted octanol–water partition coefficient (Wildman–Crippen LogP) is 3.14. The normalized spacial score (nSPS) is 22.4. The molecular weight excluding hydrogens is 404 g/mol. The van der Waals surface area contributed by atoms with Gasteiger partial charge >= 0.3 is 0 Å². The van der Waals surface area contributed by atoms with Crippen molar-refractivity contribution < 1.29 is 14.3 Å². The third-order valence-corrected chi connectivity index (χ3v) is 6.74. The van der Waals surface area contributed by atoms with Crippen LogP contribution in [-0.2, 0) is 20.8 Å². The third kappa shape index (κ3) is 4.03. The number of aromatic amines is 1. The molecule has 0 saturated carbocycles. The van der Waals surface area contributed by atoms with Crippen LogP contribution < -0.4 is 0 Å². The second-order valence-electron chi connectivity index (χ2n) is 8.62. The van der Waals surface area contributed by atoms with E-state index in [0.717, 1.165) is 38.0 Å². The van der Waals surface area contributed by atoms with Crippen LogP contribution in [0.4, 0.5) is 0 Å². The Labute approximate surface area is 188 Å². The molecule has 32 heavy (non-hydrogen) atoms. The highest BCUT2D eigenvalue weighted by Crippen LogP contribution is 2.41. The first-order valence-electron chi connectivity index (χ1n) is 11.4. The van der Waals surface area contributed by atoms with E-state index in [-0.39, 0.29) is 18.0 Å². The summed E-state index contributed by atoms with van der Waals surface area (Å²) in [7, 11) is 1.64. The summed E-state index contributed by atoms with van der Waals surface area (Å²) in [5.41, 5.74) is 3.60. The Hall–Kier alpha value is -2.74. The van der Waals surface area contributed by atoms with Crippen LogP contribution >= 0.6 is 0 Å². The molecule has 0 bridgehead atoms. The van der Waals surface area contributed by atoms with Crippen molar-refractivity contribution in [2.45, 2.75) is 37.6 Å². The average Bonchev–Trinajstić information content (AvgIpc) is 3.24. The standard InChI is InChI=1S/C25H30N4O3/c1-31-14-15-32-24-23(18-6-10-26-11-7-18)29(25(24)30)20-8-12-28(13-9-20)17-19-16-27-22-5-3-2-4-21(19)22/h2-7,10-11,16,20,23-24,27H,8-9,12-15,17H2,1H3/t23-,24+/m0/s1. The molecule has 0 aliphatic carbocycles. The Morgan fingerprint density at radius 2 is 1.88 bits per heavy atom. The molecule has 7 heteroatoms. The van der Waals surface area contributed by atoms with Gasteiger partial charge in [0.05, 0.1) is 19.3 Å². The first kappa shape index (κ1) is 21.1. The number of benzene rings is 1. The molecule has 2 aromatic heterocycles. The van der Waals surface area contributed by atoms with E-state index >= 15 is 0 Å². The van der Waals surface area contributed by atoms with Gasteiger partial charge in [0.15, 0.2) is 6.10 Å². The zero-order valence-corrected chi connectivity index (χ0v) is 18.4. The Balaban J connectivity index is 1.24. The van der Waals surface area contributed by atoms with Gasteiger partial charge in [0.2, 0.25) is 0 Å². The average molecular weight is 435 g/mol. The maximum atomic E-state index is 13.0. The fourth-order valence-corrected chi connectivity index (χ4v) is 5.07. The zero-order chi connectivity index (χ0) is 21.9. The fraction of sp³-hybridized carbons (Fsp3) is 0.440. The molecule has 0 radical (unpaired) electrons. The number of amides is 1. The van der Waals surface area contributed by atoms with Crippen LogP contribution in [0.2, 0.25) is 0 Å². The lowest BCUT2D eigenvalue weighted by atomic mass is 9.86. The number of nitrogens with one attached hydrogen (secondary N) is 1. The van der Waals surface area contributed by atoms with Crippen molar-refractivity contribution in [2.24, 2.45) is 0 Å². The van der Waals surface area contributed by atoms with Gasteiger partial charge in [-0.1, -0.05) is 18.2 Å². The van der Waals surface area contributed by atoms with Crippen LogP contribution in [0.15, 0.2) is 55.0 Å². The summed E-state index contributed by atoms with van der Waals surface area (Å²) in [4.78, 5) is 25.1. The van der Waals surface area contributed by atoms with Crippen molar-refractivity contribution in [3.8, 4) is 0 Å².